The van der Waals surface area contributed by atoms with Crippen LogP contribution in [0.4, 0.5) is 22.7 Å². The molecule has 0 saturated carbocycles. The fourth-order valence-corrected chi connectivity index (χ4v) is 12.8. The summed E-state index contributed by atoms with van der Waals surface area (Å²) in [7, 11) is 3.27. The number of hydrogen-bond acceptors (Lipinski definition) is 37. The largest absolute Gasteiger partial charge is 0.488 e. The summed E-state index contributed by atoms with van der Waals surface area (Å²) >= 11 is 0. The van der Waals surface area contributed by atoms with Crippen LogP contribution >= 0.6 is 0 Å². The number of nitro groups is 1. The minimum absolute atomic E-state index is 0.000913. The molecule has 2 heterocycles. The summed E-state index contributed by atoms with van der Waals surface area (Å²) in [5.41, 5.74) is 10.9. The van der Waals surface area contributed by atoms with E-state index in [2.05, 4.69) is 0 Å². The minimum Gasteiger partial charge on any atom is -0.488 e. The smallest absolute Gasteiger partial charge is 0.311 e. The zero-order valence-electron chi connectivity index (χ0n) is 81.5. The molecule has 4 aromatic carbocycles. The molecule has 770 valence electrons. The average molecular weight is 1940 g/mol. The van der Waals surface area contributed by atoms with Gasteiger partial charge in [0.05, 0.1) is 361 Å². The van der Waals surface area contributed by atoms with Crippen molar-refractivity contribution in [3.8, 4) is 11.5 Å². The molecule has 6 rings (SSSR count). The Labute approximate surface area is 800 Å². The van der Waals surface area contributed by atoms with Gasteiger partial charge in [-0.15, -0.1) is 0 Å². The number of amides is 4. The van der Waals surface area contributed by atoms with E-state index in [9.17, 15) is 38.9 Å². The third-order valence-electron chi connectivity index (χ3n) is 19.7. The van der Waals surface area contributed by atoms with Gasteiger partial charge in [-0.05, 0) is 58.1 Å². The summed E-state index contributed by atoms with van der Waals surface area (Å²) < 4.78 is 152. The van der Waals surface area contributed by atoms with Gasteiger partial charge in [-0.2, -0.15) is 0 Å². The normalized spacial score (nSPS) is 12.5. The number of para-hydroxylation sites is 2. The number of carbonyl (C=O) groups is 6. The van der Waals surface area contributed by atoms with Crippen LogP contribution in [0.15, 0.2) is 60.7 Å². The molecule has 0 bridgehead atoms. The molecule has 0 unspecified atom stereocenters. The molecular formula is C96H150N4O36. The van der Waals surface area contributed by atoms with Gasteiger partial charge in [0, 0.05) is 26.4 Å². The number of rotatable bonds is 87. The highest BCUT2D eigenvalue weighted by molar-refractivity contribution is 6.36. The Morgan fingerprint density at radius 3 is 0.706 bits per heavy atom. The molecule has 4 amide bonds. The number of imide groups is 2. The molecule has 2 aliphatic rings. The summed E-state index contributed by atoms with van der Waals surface area (Å²) in [5.74, 6) is -2.90. The third kappa shape index (κ3) is 49.2. The maximum Gasteiger partial charge on any atom is 0.311 e. The van der Waals surface area contributed by atoms with E-state index < -0.39 is 46.2 Å². The number of nitrogen functional groups attached to an aromatic ring is 1. The highest BCUT2D eigenvalue weighted by atomic mass is 16.6. The summed E-state index contributed by atoms with van der Waals surface area (Å²) in [6.45, 7) is 36.3. The van der Waals surface area contributed by atoms with E-state index in [4.69, 9.17) is 138 Å². The number of methoxy groups -OCH3 is 2. The van der Waals surface area contributed by atoms with Crippen molar-refractivity contribution in [3.63, 3.8) is 0 Å². The number of hydrogen-bond donors (Lipinski definition) is 1. The monoisotopic (exact) mass is 1940 g/mol. The maximum absolute atomic E-state index is 13.7. The fourth-order valence-electron chi connectivity index (χ4n) is 12.8. The molecule has 0 aliphatic carbocycles. The SMILES string of the molecule is COCCOCCOCCOCCOCCOCCOCCOCCOCCOCCOCCOCCC(=O)OCCOc1cc2c(cc1N)C(=O)N(c1c(C(C)C)cccc1C(C)C)C2=O.COCCOCCOCCOCCOCCOCCOCCOCCOCCOCCOCCOCCC(=O)OCCOc1cc2c(cc1[N+](=O)[O-])C(=O)N(c1c(C(C)C)cccc1C(C)C)C2=O. The van der Waals surface area contributed by atoms with Crippen molar-refractivity contribution in [1.82, 2.24) is 0 Å². The zero-order valence-corrected chi connectivity index (χ0v) is 81.5. The van der Waals surface area contributed by atoms with E-state index in [1.54, 1.807) is 14.2 Å². The van der Waals surface area contributed by atoms with Crippen LogP contribution in [0, 0.1) is 10.1 Å². The van der Waals surface area contributed by atoms with Gasteiger partial charge in [-0.3, -0.25) is 38.9 Å². The number of carbonyl (C=O) groups excluding carboxylic acids is 6. The van der Waals surface area contributed by atoms with Gasteiger partial charge in [0.15, 0.2) is 5.75 Å². The van der Waals surface area contributed by atoms with Crippen molar-refractivity contribution in [2.45, 2.75) is 91.9 Å². The summed E-state index contributed by atoms with van der Waals surface area (Å²) in [4.78, 5) is 92.8. The Balaban J connectivity index is 0.000000481. The third-order valence-corrected chi connectivity index (χ3v) is 19.7. The topological polar surface area (TPSA) is 437 Å². The zero-order chi connectivity index (χ0) is 98.2. The van der Waals surface area contributed by atoms with Gasteiger partial charge in [-0.1, -0.05) is 91.8 Å². The number of nitrogens with zero attached hydrogens (tertiary/aromatic N) is 3. The van der Waals surface area contributed by atoms with Crippen LogP contribution in [0.5, 0.6) is 11.5 Å². The molecule has 0 fully saturated rings. The molecule has 0 atom stereocenters. The Bertz CT molecular complexity index is 3860. The van der Waals surface area contributed by atoms with Crippen LogP contribution in [0.1, 0.15) is 156 Å². The van der Waals surface area contributed by atoms with Gasteiger partial charge < -0.3 is 138 Å². The standard InChI is InChI=1S/C48H74N2O19.C48H76N2O17/c1-37(2)39-7-6-8-40(38(3)4)46(39)49-47(52)41-35-43(50(54)55)44(36-42(41)48(49)53)68-33-34-69-45(51)9-10-57-13-14-59-17-18-61-21-22-63-25-26-65-29-30-67-32-31-66-28-27-64-24-23-62-20-19-60-16-15-58-12-11-56-5;1-37(2)39-7-6-8-40(38(3)4)46(39)50-47(52)41-35-43(49)44(36-42(41)48(50)53)66-33-34-67-45(51)9-10-55-13-14-57-17-18-59-21-22-61-25-26-63-29-30-65-32-31-64-28-27-62-24-23-60-20-19-58-16-15-56-12-11-54-5/h6-8,35-38H,9-34H2,1-5H3;6-8,35-38H,9-34,49H2,1-5H3. The summed E-state index contributed by atoms with van der Waals surface area (Å²) in [6.07, 6.45) is 0.0312. The second-order valence-corrected chi connectivity index (χ2v) is 31.2. The maximum atomic E-state index is 13.7. The first-order valence-electron chi connectivity index (χ1n) is 46.8. The first kappa shape index (κ1) is 118. The number of fused-ring (bicyclic) bond motifs is 2. The molecule has 0 saturated heterocycles. The van der Waals surface area contributed by atoms with E-state index in [-0.39, 0.29) is 122 Å². The lowest BCUT2D eigenvalue weighted by molar-refractivity contribution is -0.385. The van der Waals surface area contributed by atoms with Crippen molar-refractivity contribution in [2.75, 3.05) is 360 Å². The average Bonchev–Trinajstić information content (AvgIpc) is 1.59. The van der Waals surface area contributed by atoms with Crippen molar-refractivity contribution in [3.05, 3.63) is 115 Å². The van der Waals surface area contributed by atoms with Crippen LogP contribution in [-0.4, -0.2) is 385 Å². The molecule has 0 spiro atoms. The van der Waals surface area contributed by atoms with Crippen LogP contribution in [0.2, 0.25) is 0 Å². The quantitative estimate of drug-likeness (QED) is 0.0107. The van der Waals surface area contributed by atoms with Crippen molar-refractivity contribution < 1.29 is 166 Å². The molecule has 0 aromatic heterocycles. The number of anilines is 3. The highest BCUT2D eigenvalue weighted by Crippen LogP contribution is 2.44. The number of nitro benzene ring substituents is 1. The molecule has 136 heavy (non-hydrogen) atoms. The van der Waals surface area contributed by atoms with Crippen LogP contribution in [-0.2, 0) is 133 Å². The van der Waals surface area contributed by atoms with E-state index in [1.807, 2.05) is 91.8 Å². The van der Waals surface area contributed by atoms with Gasteiger partial charge in [0.25, 0.3) is 23.6 Å². The number of nitrogens with two attached hydrogens (primary N) is 1. The van der Waals surface area contributed by atoms with E-state index in [0.29, 0.717) is 295 Å². The first-order valence-corrected chi connectivity index (χ1v) is 46.8. The molecule has 2 aliphatic heterocycles. The number of ether oxygens (including phenoxy) is 28. The fraction of sp³-hybridized carbons (Fsp3) is 0.688. The van der Waals surface area contributed by atoms with E-state index in [0.717, 1.165) is 33.2 Å². The number of benzene rings is 4. The Hall–Kier alpha value is -8.06. The van der Waals surface area contributed by atoms with Gasteiger partial charge >= 0.3 is 17.6 Å². The van der Waals surface area contributed by atoms with E-state index >= 15 is 0 Å². The van der Waals surface area contributed by atoms with Gasteiger partial charge in [0.1, 0.15) is 32.2 Å². The Morgan fingerprint density at radius 1 is 0.287 bits per heavy atom. The molecule has 40 heteroatoms. The summed E-state index contributed by atoms with van der Waals surface area (Å²) in [6, 6.07) is 16.7. The molecule has 4 aromatic rings. The van der Waals surface area contributed by atoms with Crippen LogP contribution in [0.3, 0.4) is 0 Å². The van der Waals surface area contributed by atoms with Gasteiger partial charge in [0.2, 0.25) is 0 Å². The highest BCUT2D eigenvalue weighted by Gasteiger charge is 2.43. The molecule has 2 N–H and O–H groups in total. The van der Waals surface area contributed by atoms with E-state index in [1.165, 1.54) is 23.1 Å². The summed E-state index contributed by atoms with van der Waals surface area (Å²) in [5, 5.41) is 12.0. The molecule has 40 nitrogen and oxygen atoms in total. The lowest BCUT2D eigenvalue weighted by Crippen LogP contribution is -2.31. The Kier molecular flexibility index (Phi) is 66.0. The van der Waals surface area contributed by atoms with Crippen molar-refractivity contribution in [1.29, 1.82) is 0 Å². The predicted octanol–water partition coefficient (Wildman–Crippen LogP) is 9.24. The van der Waals surface area contributed by atoms with Gasteiger partial charge in [-0.25, -0.2) is 9.80 Å². The molecule has 0 radical (unpaired) electrons. The Morgan fingerprint density at radius 2 is 0.485 bits per heavy atom. The lowest BCUT2D eigenvalue weighted by atomic mass is 9.92. The predicted molar refractivity (Wildman–Crippen MR) is 499 cm³/mol. The molecular weight excluding hydrogens is 1790 g/mol. The number of esters is 2. The first-order chi connectivity index (χ1) is 66.2. The lowest BCUT2D eigenvalue weighted by Gasteiger charge is -2.25. The van der Waals surface area contributed by atoms with Crippen LogP contribution < -0.4 is 25.0 Å². The van der Waals surface area contributed by atoms with Crippen LogP contribution in [0.25, 0.3) is 0 Å². The minimum atomic E-state index is -0.685. The van der Waals surface area contributed by atoms with Crippen molar-refractivity contribution >= 4 is 58.3 Å². The second kappa shape index (κ2) is 75.8. The second-order valence-electron chi connectivity index (χ2n) is 31.2. The van der Waals surface area contributed by atoms with Crippen molar-refractivity contribution in [2.24, 2.45) is 0 Å².